The highest BCUT2D eigenvalue weighted by atomic mass is 16.3. The zero-order chi connectivity index (χ0) is 17.2. The first-order valence-corrected chi connectivity index (χ1v) is 8.64. The first-order chi connectivity index (χ1) is 12.2. The van der Waals surface area contributed by atoms with Gasteiger partial charge in [0.1, 0.15) is 12.1 Å². The van der Waals surface area contributed by atoms with E-state index >= 15 is 0 Å². The fourth-order valence-corrected chi connectivity index (χ4v) is 3.30. The molecule has 0 saturated carbocycles. The molecule has 1 atom stereocenters. The van der Waals surface area contributed by atoms with Gasteiger partial charge in [-0.1, -0.05) is 17.7 Å². The van der Waals surface area contributed by atoms with Crippen molar-refractivity contribution >= 4 is 0 Å². The third-order valence-corrected chi connectivity index (χ3v) is 4.73. The lowest BCUT2D eigenvalue weighted by Gasteiger charge is -2.35. The number of oxazole rings is 1. The minimum absolute atomic E-state index is 0.244. The number of hydrogen-bond donors (Lipinski definition) is 1. The van der Waals surface area contributed by atoms with Crippen LogP contribution in [0, 0.1) is 6.92 Å². The molecule has 1 saturated heterocycles. The van der Waals surface area contributed by atoms with Crippen LogP contribution in [0.5, 0.6) is 0 Å². The van der Waals surface area contributed by atoms with E-state index in [1.54, 1.807) is 6.26 Å². The van der Waals surface area contributed by atoms with Gasteiger partial charge in [0.25, 0.3) is 0 Å². The summed E-state index contributed by atoms with van der Waals surface area (Å²) in [7, 11) is 2.04. The van der Waals surface area contributed by atoms with Crippen molar-refractivity contribution in [3.63, 3.8) is 0 Å². The number of imidazole rings is 1. The van der Waals surface area contributed by atoms with Crippen LogP contribution in [0.15, 0.2) is 47.3 Å². The predicted octanol–water partition coefficient (Wildman–Crippen LogP) is 2.53. The van der Waals surface area contributed by atoms with Crippen molar-refractivity contribution in [2.75, 3.05) is 19.6 Å². The molecule has 1 aliphatic rings. The van der Waals surface area contributed by atoms with Crippen LogP contribution >= 0.6 is 0 Å². The standard InChI is InChI=1S/C19H23N5O/c1-14-3-5-15(6-4-14)19-22-16(13-25-19)12-24-10-7-20-11-17(24)18-21-8-9-23(18)2/h3-6,8-9,13,17,20H,7,10-12H2,1-2H3. The van der Waals surface area contributed by atoms with Crippen molar-refractivity contribution in [2.45, 2.75) is 19.5 Å². The summed E-state index contributed by atoms with van der Waals surface area (Å²) < 4.78 is 7.80. The minimum atomic E-state index is 0.244. The van der Waals surface area contributed by atoms with Gasteiger partial charge in [-0.05, 0) is 19.1 Å². The van der Waals surface area contributed by atoms with E-state index in [4.69, 9.17) is 4.42 Å². The minimum Gasteiger partial charge on any atom is -0.444 e. The zero-order valence-electron chi connectivity index (χ0n) is 14.6. The van der Waals surface area contributed by atoms with Crippen LogP contribution < -0.4 is 5.32 Å². The Balaban J connectivity index is 1.52. The molecule has 0 bridgehead atoms. The fraction of sp³-hybridized carbons (Fsp3) is 0.368. The summed E-state index contributed by atoms with van der Waals surface area (Å²) in [6.45, 7) is 5.67. The van der Waals surface area contributed by atoms with Crippen LogP contribution in [0.3, 0.4) is 0 Å². The molecule has 3 aromatic rings. The second-order valence-corrected chi connectivity index (χ2v) is 6.60. The van der Waals surface area contributed by atoms with E-state index in [0.717, 1.165) is 43.3 Å². The maximum Gasteiger partial charge on any atom is 0.226 e. The highest BCUT2D eigenvalue weighted by molar-refractivity contribution is 5.53. The number of aryl methyl sites for hydroxylation is 2. The van der Waals surface area contributed by atoms with Crippen LogP contribution in [0.25, 0.3) is 11.5 Å². The number of nitrogens with zero attached hydrogens (tertiary/aromatic N) is 4. The van der Waals surface area contributed by atoms with E-state index in [2.05, 4.69) is 43.8 Å². The van der Waals surface area contributed by atoms with Gasteiger partial charge in [-0.2, -0.15) is 0 Å². The highest BCUT2D eigenvalue weighted by Gasteiger charge is 2.27. The average molecular weight is 337 g/mol. The molecule has 0 amide bonds. The number of benzene rings is 1. The third-order valence-electron chi connectivity index (χ3n) is 4.73. The molecule has 6 heteroatoms. The van der Waals surface area contributed by atoms with Crippen molar-refractivity contribution < 1.29 is 4.42 Å². The summed E-state index contributed by atoms with van der Waals surface area (Å²) in [5.41, 5.74) is 3.20. The summed E-state index contributed by atoms with van der Waals surface area (Å²) in [6.07, 6.45) is 5.62. The highest BCUT2D eigenvalue weighted by Crippen LogP contribution is 2.24. The second-order valence-electron chi connectivity index (χ2n) is 6.60. The van der Waals surface area contributed by atoms with Crippen LogP contribution in [0.4, 0.5) is 0 Å². The SMILES string of the molecule is Cc1ccc(-c2nc(CN3CCNCC3c3nccn3C)co2)cc1. The average Bonchev–Trinajstić information content (AvgIpc) is 3.25. The molecular formula is C19H23N5O. The van der Waals surface area contributed by atoms with E-state index in [9.17, 15) is 0 Å². The van der Waals surface area contributed by atoms with Crippen molar-refractivity contribution in [2.24, 2.45) is 7.05 Å². The summed E-state index contributed by atoms with van der Waals surface area (Å²) in [4.78, 5) is 11.6. The fourth-order valence-electron chi connectivity index (χ4n) is 3.30. The molecule has 130 valence electrons. The van der Waals surface area contributed by atoms with E-state index in [1.165, 1.54) is 5.56 Å². The number of nitrogens with one attached hydrogen (secondary N) is 1. The van der Waals surface area contributed by atoms with Crippen molar-refractivity contribution in [1.82, 2.24) is 24.8 Å². The van der Waals surface area contributed by atoms with E-state index in [0.29, 0.717) is 5.89 Å². The van der Waals surface area contributed by atoms with Crippen LogP contribution in [0.2, 0.25) is 0 Å². The summed E-state index contributed by atoms with van der Waals surface area (Å²) in [5, 5.41) is 3.46. The number of piperazine rings is 1. The van der Waals surface area contributed by atoms with E-state index in [-0.39, 0.29) is 6.04 Å². The van der Waals surface area contributed by atoms with E-state index < -0.39 is 0 Å². The first-order valence-electron chi connectivity index (χ1n) is 8.64. The Hall–Kier alpha value is -2.44. The second kappa shape index (κ2) is 6.82. The van der Waals surface area contributed by atoms with Gasteiger partial charge in [-0.25, -0.2) is 9.97 Å². The Bertz CT molecular complexity index is 836. The van der Waals surface area contributed by atoms with Gasteiger partial charge in [-0.15, -0.1) is 0 Å². The first kappa shape index (κ1) is 16.1. The van der Waals surface area contributed by atoms with Gasteiger partial charge in [0.2, 0.25) is 5.89 Å². The Morgan fingerprint density at radius 1 is 1.28 bits per heavy atom. The molecule has 1 aliphatic heterocycles. The molecule has 1 fully saturated rings. The predicted molar refractivity (Wildman–Crippen MR) is 95.9 cm³/mol. The Morgan fingerprint density at radius 2 is 2.12 bits per heavy atom. The molecule has 4 rings (SSSR count). The lowest BCUT2D eigenvalue weighted by Crippen LogP contribution is -2.46. The van der Waals surface area contributed by atoms with Crippen LogP contribution in [-0.4, -0.2) is 39.1 Å². The zero-order valence-corrected chi connectivity index (χ0v) is 14.6. The van der Waals surface area contributed by atoms with Crippen molar-refractivity contribution in [3.05, 3.63) is 60.0 Å². The molecule has 0 aliphatic carbocycles. The molecule has 0 spiro atoms. The molecule has 1 aromatic carbocycles. The summed E-state index contributed by atoms with van der Waals surface area (Å²) >= 11 is 0. The van der Waals surface area contributed by atoms with Crippen LogP contribution in [0.1, 0.15) is 23.1 Å². The Labute approximate surface area is 147 Å². The topological polar surface area (TPSA) is 59.1 Å². The van der Waals surface area contributed by atoms with Crippen LogP contribution in [-0.2, 0) is 13.6 Å². The molecule has 2 aromatic heterocycles. The van der Waals surface area contributed by atoms with Gasteiger partial charge < -0.3 is 14.3 Å². The Morgan fingerprint density at radius 3 is 2.88 bits per heavy atom. The number of aromatic nitrogens is 3. The van der Waals surface area contributed by atoms with Crippen molar-refractivity contribution in [3.8, 4) is 11.5 Å². The summed E-state index contributed by atoms with van der Waals surface area (Å²) in [6, 6.07) is 8.49. The molecule has 1 unspecified atom stereocenters. The van der Waals surface area contributed by atoms with Gasteiger partial charge in [0.05, 0.1) is 11.7 Å². The molecule has 0 radical (unpaired) electrons. The quantitative estimate of drug-likeness (QED) is 0.793. The molecule has 1 N–H and O–H groups in total. The summed E-state index contributed by atoms with van der Waals surface area (Å²) in [5.74, 6) is 1.76. The largest absolute Gasteiger partial charge is 0.444 e. The van der Waals surface area contributed by atoms with Gasteiger partial charge in [0.15, 0.2) is 0 Å². The molecule has 25 heavy (non-hydrogen) atoms. The van der Waals surface area contributed by atoms with Gasteiger partial charge in [0, 0.05) is 51.2 Å². The lowest BCUT2D eigenvalue weighted by atomic mass is 10.1. The maximum absolute atomic E-state index is 5.71. The van der Waals surface area contributed by atoms with Gasteiger partial charge in [-0.3, -0.25) is 4.90 Å². The van der Waals surface area contributed by atoms with Gasteiger partial charge >= 0.3 is 0 Å². The maximum atomic E-state index is 5.71. The number of hydrogen-bond acceptors (Lipinski definition) is 5. The monoisotopic (exact) mass is 337 g/mol. The number of rotatable bonds is 4. The molecule has 3 heterocycles. The third kappa shape index (κ3) is 3.36. The Kier molecular flexibility index (Phi) is 4.38. The van der Waals surface area contributed by atoms with Crippen molar-refractivity contribution in [1.29, 1.82) is 0 Å². The normalized spacial score (nSPS) is 18.6. The smallest absolute Gasteiger partial charge is 0.226 e. The molecule has 6 nitrogen and oxygen atoms in total. The molecular weight excluding hydrogens is 314 g/mol. The lowest BCUT2D eigenvalue weighted by molar-refractivity contribution is 0.143. The van der Waals surface area contributed by atoms with E-state index in [1.807, 2.05) is 31.6 Å².